The molecule has 0 bridgehead atoms. The smallest absolute Gasteiger partial charge is 0.325 e. The van der Waals surface area contributed by atoms with Gasteiger partial charge in [-0.1, -0.05) is 17.7 Å². The quantitative estimate of drug-likeness (QED) is 0.910. The Bertz CT molecular complexity index is 540. The number of benzene rings is 1. The molecule has 1 N–H and O–H groups in total. The molecule has 0 unspecified atom stereocenters. The Balaban J connectivity index is 1.85. The summed E-state index contributed by atoms with van der Waals surface area (Å²) in [6.07, 6.45) is -4.04. The molecule has 7 heteroatoms. The van der Waals surface area contributed by atoms with Gasteiger partial charge in [-0.15, -0.1) is 0 Å². The van der Waals surface area contributed by atoms with E-state index in [0.29, 0.717) is 10.7 Å². The summed E-state index contributed by atoms with van der Waals surface area (Å²) in [5.41, 5.74) is 1.40. The summed E-state index contributed by atoms with van der Waals surface area (Å²) in [4.78, 5) is 13.8. The van der Waals surface area contributed by atoms with Gasteiger partial charge in [0.1, 0.15) is 0 Å². The molecule has 1 heterocycles. The van der Waals surface area contributed by atoms with Crippen LogP contribution in [-0.2, 0) is 4.79 Å². The Hall–Kier alpha value is -1.27. The molecule has 0 aliphatic carbocycles. The first kappa shape index (κ1) is 17.1. The summed E-state index contributed by atoms with van der Waals surface area (Å²) in [6, 6.07) is 5.21. The van der Waals surface area contributed by atoms with Crippen molar-refractivity contribution in [3.8, 4) is 0 Å². The van der Waals surface area contributed by atoms with Crippen molar-refractivity contribution in [2.75, 3.05) is 25.0 Å². The van der Waals surface area contributed by atoms with Crippen LogP contribution < -0.4 is 5.32 Å². The van der Waals surface area contributed by atoms with Crippen LogP contribution in [0.15, 0.2) is 18.2 Å². The van der Waals surface area contributed by atoms with E-state index in [1.165, 1.54) is 0 Å². The number of alkyl halides is 3. The fraction of sp³-hybridized carbons (Fsp3) is 0.533. The molecule has 0 spiro atoms. The Morgan fingerprint density at radius 2 is 2.00 bits per heavy atom. The van der Waals surface area contributed by atoms with Crippen molar-refractivity contribution in [3.05, 3.63) is 28.8 Å². The largest absolute Gasteiger partial charge is 0.391 e. The van der Waals surface area contributed by atoms with Crippen molar-refractivity contribution >= 4 is 23.2 Å². The van der Waals surface area contributed by atoms with E-state index in [0.717, 1.165) is 5.56 Å². The highest BCUT2D eigenvalue weighted by atomic mass is 35.5. The van der Waals surface area contributed by atoms with Gasteiger partial charge in [-0.3, -0.25) is 9.69 Å². The maximum Gasteiger partial charge on any atom is 0.391 e. The highest BCUT2D eigenvalue weighted by molar-refractivity contribution is 6.31. The van der Waals surface area contributed by atoms with Crippen molar-refractivity contribution in [3.63, 3.8) is 0 Å². The molecule has 1 saturated heterocycles. The highest BCUT2D eigenvalue weighted by Crippen LogP contribution is 2.34. The molecule has 1 aromatic carbocycles. The molecule has 1 aliphatic rings. The Labute approximate surface area is 132 Å². The first-order chi connectivity index (χ1) is 10.3. The lowest BCUT2D eigenvalue weighted by molar-refractivity contribution is -0.184. The minimum Gasteiger partial charge on any atom is -0.325 e. The maximum absolute atomic E-state index is 12.6. The van der Waals surface area contributed by atoms with E-state index in [2.05, 4.69) is 5.32 Å². The van der Waals surface area contributed by atoms with E-state index in [9.17, 15) is 18.0 Å². The van der Waals surface area contributed by atoms with Gasteiger partial charge >= 0.3 is 6.18 Å². The van der Waals surface area contributed by atoms with Crippen LogP contribution in [0.3, 0.4) is 0 Å². The summed E-state index contributed by atoms with van der Waals surface area (Å²) in [5.74, 6) is -1.49. The van der Waals surface area contributed by atoms with Gasteiger partial charge in [0.15, 0.2) is 0 Å². The van der Waals surface area contributed by atoms with Gasteiger partial charge in [0, 0.05) is 10.7 Å². The lowest BCUT2D eigenvalue weighted by Gasteiger charge is -2.32. The Kier molecular flexibility index (Phi) is 5.34. The number of nitrogens with zero attached hydrogens (tertiary/aromatic N) is 1. The lowest BCUT2D eigenvalue weighted by Crippen LogP contribution is -2.42. The normalized spacial score (nSPS) is 17.5. The van der Waals surface area contributed by atoms with E-state index >= 15 is 0 Å². The van der Waals surface area contributed by atoms with Crippen LogP contribution >= 0.6 is 11.6 Å². The highest BCUT2D eigenvalue weighted by Gasteiger charge is 2.41. The number of anilines is 1. The number of carbonyl (C=O) groups excluding carboxylic acids is 1. The molecule has 1 aliphatic heterocycles. The number of halogens is 4. The van der Waals surface area contributed by atoms with Crippen molar-refractivity contribution in [1.29, 1.82) is 0 Å². The number of hydrogen-bond acceptors (Lipinski definition) is 2. The van der Waals surface area contributed by atoms with Gasteiger partial charge in [-0.05, 0) is 50.6 Å². The molecule has 0 radical (unpaired) electrons. The average molecular weight is 335 g/mol. The topological polar surface area (TPSA) is 32.3 Å². The van der Waals surface area contributed by atoms with Crippen molar-refractivity contribution in [2.24, 2.45) is 5.92 Å². The zero-order valence-corrected chi connectivity index (χ0v) is 13.0. The van der Waals surface area contributed by atoms with Gasteiger partial charge < -0.3 is 5.32 Å². The van der Waals surface area contributed by atoms with Crippen molar-refractivity contribution in [1.82, 2.24) is 4.90 Å². The summed E-state index contributed by atoms with van der Waals surface area (Å²) in [6.45, 7) is 2.46. The standard InChI is InChI=1S/C15H18ClF3N2O/c1-10-12(16)3-2-4-13(10)20-14(22)9-21-7-5-11(6-8-21)15(17,18)19/h2-4,11H,5-9H2,1H3,(H,20,22). The Morgan fingerprint density at radius 3 is 2.59 bits per heavy atom. The fourth-order valence-corrected chi connectivity index (χ4v) is 2.73. The van der Waals surface area contributed by atoms with Gasteiger partial charge in [0.05, 0.1) is 12.5 Å². The van der Waals surface area contributed by atoms with Crippen molar-refractivity contribution < 1.29 is 18.0 Å². The third-order valence-electron chi connectivity index (χ3n) is 3.96. The van der Waals surface area contributed by atoms with Crippen LogP contribution in [0.4, 0.5) is 18.9 Å². The SMILES string of the molecule is Cc1c(Cl)cccc1NC(=O)CN1CCC(C(F)(F)F)CC1. The van der Waals surface area contributed by atoms with E-state index in [4.69, 9.17) is 11.6 Å². The zero-order chi connectivity index (χ0) is 16.3. The molecule has 22 heavy (non-hydrogen) atoms. The molecule has 122 valence electrons. The number of hydrogen-bond donors (Lipinski definition) is 1. The van der Waals surface area contributed by atoms with Crippen LogP contribution in [0.5, 0.6) is 0 Å². The van der Waals surface area contributed by atoms with Crippen molar-refractivity contribution in [2.45, 2.75) is 25.9 Å². The number of piperidine rings is 1. The van der Waals surface area contributed by atoms with E-state index in [1.54, 1.807) is 30.0 Å². The van der Waals surface area contributed by atoms with E-state index in [-0.39, 0.29) is 38.4 Å². The second kappa shape index (κ2) is 6.87. The zero-order valence-electron chi connectivity index (χ0n) is 12.2. The first-order valence-electron chi connectivity index (χ1n) is 7.11. The van der Waals surface area contributed by atoms with Gasteiger partial charge in [0.25, 0.3) is 0 Å². The van der Waals surface area contributed by atoms with Gasteiger partial charge in [0.2, 0.25) is 5.91 Å². The predicted molar refractivity (Wildman–Crippen MR) is 80.0 cm³/mol. The summed E-state index contributed by atoms with van der Waals surface area (Å²) < 4.78 is 37.8. The average Bonchev–Trinajstić information content (AvgIpc) is 2.43. The Morgan fingerprint density at radius 1 is 1.36 bits per heavy atom. The number of carbonyl (C=O) groups is 1. The summed E-state index contributed by atoms with van der Waals surface area (Å²) in [7, 11) is 0. The third-order valence-corrected chi connectivity index (χ3v) is 4.37. The molecule has 0 saturated carbocycles. The molecule has 0 aromatic heterocycles. The van der Waals surface area contributed by atoms with Crippen LogP contribution in [-0.4, -0.2) is 36.6 Å². The molecule has 3 nitrogen and oxygen atoms in total. The number of amides is 1. The van der Waals surface area contributed by atoms with Crippen LogP contribution in [0, 0.1) is 12.8 Å². The van der Waals surface area contributed by atoms with Crippen LogP contribution in [0.25, 0.3) is 0 Å². The third kappa shape index (κ3) is 4.36. The molecule has 1 fully saturated rings. The fourth-order valence-electron chi connectivity index (χ4n) is 2.55. The second-order valence-electron chi connectivity index (χ2n) is 5.55. The molecule has 0 atom stereocenters. The van der Waals surface area contributed by atoms with Gasteiger partial charge in [-0.25, -0.2) is 0 Å². The molecule has 2 rings (SSSR count). The van der Waals surface area contributed by atoms with Crippen LogP contribution in [0.1, 0.15) is 18.4 Å². The van der Waals surface area contributed by atoms with Gasteiger partial charge in [-0.2, -0.15) is 13.2 Å². The minimum absolute atomic E-state index is 0.0486. The van der Waals surface area contributed by atoms with Crippen LogP contribution in [0.2, 0.25) is 5.02 Å². The number of nitrogens with one attached hydrogen (secondary N) is 1. The maximum atomic E-state index is 12.6. The first-order valence-corrected chi connectivity index (χ1v) is 7.49. The molecule has 1 amide bonds. The lowest BCUT2D eigenvalue weighted by atomic mass is 9.96. The summed E-state index contributed by atoms with van der Waals surface area (Å²) >= 11 is 5.98. The number of rotatable bonds is 3. The predicted octanol–water partition coefficient (Wildman–Crippen LogP) is 3.86. The van der Waals surface area contributed by atoms with E-state index < -0.39 is 12.1 Å². The second-order valence-corrected chi connectivity index (χ2v) is 5.96. The molecule has 1 aromatic rings. The molecular weight excluding hydrogens is 317 g/mol. The van der Waals surface area contributed by atoms with E-state index in [1.807, 2.05) is 0 Å². The molecular formula is C15H18ClF3N2O. The number of likely N-dealkylation sites (tertiary alicyclic amines) is 1. The monoisotopic (exact) mass is 334 g/mol. The summed E-state index contributed by atoms with van der Waals surface area (Å²) in [5, 5.41) is 3.31. The minimum atomic E-state index is -4.13.